The molecular formula is C21H28N2O2. The third kappa shape index (κ3) is 4.38. The van der Waals surface area contributed by atoms with E-state index in [0.717, 1.165) is 11.1 Å². The smallest absolute Gasteiger partial charge is 0.263 e. The molecule has 1 aromatic heterocycles. The molecule has 25 heavy (non-hydrogen) atoms. The molecule has 0 aliphatic heterocycles. The fourth-order valence-electron chi connectivity index (χ4n) is 2.78. The second-order valence-corrected chi connectivity index (χ2v) is 7.80. The van der Waals surface area contributed by atoms with E-state index in [-0.39, 0.29) is 28.5 Å². The largest absolute Gasteiger partial charge is 0.338 e. The Kier molecular flexibility index (Phi) is 5.51. The van der Waals surface area contributed by atoms with Gasteiger partial charge < -0.3 is 9.47 Å². The first-order valence-corrected chi connectivity index (χ1v) is 8.63. The molecule has 1 unspecified atom stereocenters. The van der Waals surface area contributed by atoms with Gasteiger partial charge in [0.2, 0.25) is 0 Å². The minimum Gasteiger partial charge on any atom is -0.338 e. The lowest BCUT2D eigenvalue weighted by Gasteiger charge is -2.35. The number of aromatic nitrogens is 1. The van der Waals surface area contributed by atoms with E-state index in [1.165, 1.54) is 0 Å². The lowest BCUT2D eigenvalue weighted by molar-refractivity contribution is 0.0627. The molecule has 4 nitrogen and oxygen atoms in total. The number of pyridine rings is 1. The van der Waals surface area contributed by atoms with Crippen LogP contribution in [0.1, 0.15) is 49.2 Å². The van der Waals surface area contributed by atoms with E-state index in [2.05, 4.69) is 26.8 Å². The maximum absolute atomic E-state index is 12.8. The average molecular weight is 340 g/mol. The van der Waals surface area contributed by atoms with Gasteiger partial charge in [0.05, 0.1) is 6.54 Å². The van der Waals surface area contributed by atoms with Crippen molar-refractivity contribution in [1.82, 2.24) is 9.47 Å². The Morgan fingerprint density at radius 3 is 2.48 bits per heavy atom. The summed E-state index contributed by atoms with van der Waals surface area (Å²) < 4.78 is 1.59. The number of carbonyl (C=O) groups is 1. The first-order chi connectivity index (χ1) is 11.6. The fourth-order valence-corrected chi connectivity index (χ4v) is 2.78. The predicted octanol–water partition coefficient (Wildman–Crippen LogP) is 3.71. The van der Waals surface area contributed by atoms with Crippen LogP contribution >= 0.6 is 0 Å². The molecule has 1 heterocycles. The summed E-state index contributed by atoms with van der Waals surface area (Å²) in [5, 5.41) is 0. The molecule has 0 aliphatic rings. The summed E-state index contributed by atoms with van der Waals surface area (Å²) in [6.07, 6.45) is 1.73. The van der Waals surface area contributed by atoms with Crippen LogP contribution in [0.2, 0.25) is 0 Å². The third-order valence-corrected chi connectivity index (χ3v) is 4.84. The van der Waals surface area contributed by atoms with Crippen LogP contribution in [0.4, 0.5) is 0 Å². The summed E-state index contributed by atoms with van der Waals surface area (Å²) in [5.74, 6) is -0.231. The SMILES string of the molecule is Cc1cccc(Cn2cccc(C(=O)N(C)C(C)C(C)(C)C)c2=O)c1. The van der Waals surface area contributed by atoms with Crippen molar-refractivity contribution in [3.8, 4) is 0 Å². The van der Waals surface area contributed by atoms with Crippen molar-refractivity contribution >= 4 is 5.91 Å². The fraction of sp³-hybridized carbons (Fsp3) is 0.429. The second kappa shape index (κ2) is 7.26. The Morgan fingerprint density at radius 1 is 1.20 bits per heavy atom. The van der Waals surface area contributed by atoms with E-state index < -0.39 is 0 Å². The zero-order valence-electron chi connectivity index (χ0n) is 16.0. The summed E-state index contributed by atoms with van der Waals surface area (Å²) in [5.41, 5.74) is 2.11. The summed E-state index contributed by atoms with van der Waals surface area (Å²) in [4.78, 5) is 27.3. The van der Waals surface area contributed by atoms with E-state index in [1.807, 2.05) is 32.0 Å². The van der Waals surface area contributed by atoms with Crippen LogP contribution in [0.25, 0.3) is 0 Å². The molecule has 1 aromatic carbocycles. The minimum absolute atomic E-state index is 0.0184. The number of amides is 1. The molecule has 0 radical (unpaired) electrons. The minimum atomic E-state index is -0.248. The monoisotopic (exact) mass is 340 g/mol. The molecule has 0 N–H and O–H groups in total. The lowest BCUT2D eigenvalue weighted by atomic mass is 9.87. The van der Waals surface area contributed by atoms with Crippen molar-refractivity contribution in [2.24, 2.45) is 5.41 Å². The number of hydrogen-bond donors (Lipinski definition) is 0. The topological polar surface area (TPSA) is 42.3 Å². The van der Waals surface area contributed by atoms with Crippen molar-refractivity contribution in [2.75, 3.05) is 7.05 Å². The Morgan fingerprint density at radius 2 is 1.88 bits per heavy atom. The number of hydrogen-bond acceptors (Lipinski definition) is 2. The van der Waals surface area contributed by atoms with E-state index in [9.17, 15) is 9.59 Å². The van der Waals surface area contributed by atoms with Gasteiger partial charge in [0.15, 0.2) is 0 Å². The first-order valence-electron chi connectivity index (χ1n) is 8.63. The highest BCUT2D eigenvalue weighted by molar-refractivity contribution is 5.93. The van der Waals surface area contributed by atoms with Crippen LogP contribution in [-0.2, 0) is 6.54 Å². The summed E-state index contributed by atoms with van der Waals surface area (Å²) in [6, 6.07) is 11.4. The number of carbonyl (C=O) groups excluding carboxylic acids is 1. The molecule has 0 aliphatic carbocycles. The quantitative estimate of drug-likeness (QED) is 0.851. The van der Waals surface area contributed by atoms with Crippen molar-refractivity contribution < 1.29 is 4.79 Å². The number of rotatable bonds is 4. The maximum atomic E-state index is 12.8. The zero-order valence-corrected chi connectivity index (χ0v) is 16.0. The molecule has 0 spiro atoms. The van der Waals surface area contributed by atoms with Crippen molar-refractivity contribution in [3.05, 3.63) is 69.6 Å². The Bertz CT molecular complexity index is 815. The Hall–Kier alpha value is -2.36. The first kappa shape index (κ1) is 19.0. The van der Waals surface area contributed by atoms with Gasteiger partial charge in [-0.1, -0.05) is 50.6 Å². The highest BCUT2D eigenvalue weighted by atomic mass is 16.2. The average Bonchev–Trinajstić information content (AvgIpc) is 2.54. The molecule has 0 fully saturated rings. The summed E-state index contributed by atoms with van der Waals surface area (Å²) in [7, 11) is 1.76. The van der Waals surface area contributed by atoms with Crippen LogP contribution in [0.5, 0.6) is 0 Å². The normalized spacial score (nSPS) is 12.7. The maximum Gasteiger partial charge on any atom is 0.263 e. The van der Waals surface area contributed by atoms with Crippen LogP contribution < -0.4 is 5.56 Å². The molecule has 2 aromatic rings. The Balaban J connectivity index is 2.32. The number of benzene rings is 1. The van der Waals surface area contributed by atoms with Crippen molar-refractivity contribution in [2.45, 2.75) is 47.2 Å². The number of nitrogens with zero attached hydrogens (tertiary/aromatic N) is 2. The van der Waals surface area contributed by atoms with E-state index in [0.29, 0.717) is 6.54 Å². The zero-order chi connectivity index (χ0) is 18.8. The molecule has 0 bridgehead atoms. The van der Waals surface area contributed by atoms with E-state index in [4.69, 9.17) is 0 Å². The van der Waals surface area contributed by atoms with Crippen LogP contribution in [0.3, 0.4) is 0 Å². The van der Waals surface area contributed by atoms with Crippen molar-refractivity contribution in [3.63, 3.8) is 0 Å². The van der Waals surface area contributed by atoms with Gasteiger partial charge in [0.25, 0.3) is 11.5 Å². The molecular weight excluding hydrogens is 312 g/mol. The molecule has 4 heteroatoms. The highest BCUT2D eigenvalue weighted by Crippen LogP contribution is 2.23. The van der Waals surface area contributed by atoms with E-state index in [1.54, 1.807) is 34.8 Å². The van der Waals surface area contributed by atoms with Crippen LogP contribution in [0, 0.1) is 12.3 Å². The molecule has 1 atom stereocenters. The standard InChI is InChI=1S/C21H28N2O2/c1-15-9-7-10-17(13-15)14-23-12-8-11-18(20(23)25)19(24)22(6)16(2)21(3,4)5/h7-13,16H,14H2,1-6H3. The molecule has 2 rings (SSSR count). The van der Waals surface area contributed by atoms with Gasteiger partial charge in [0.1, 0.15) is 5.56 Å². The molecule has 0 saturated heterocycles. The summed E-state index contributed by atoms with van der Waals surface area (Å²) in [6.45, 7) is 10.7. The molecule has 134 valence electrons. The molecule has 1 amide bonds. The van der Waals surface area contributed by atoms with E-state index >= 15 is 0 Å². The van der Waals surface area contributed by atoms with Gasteiger partial charge in [-0.05, 0) is 37.0 Å². The second-order valence-electron chi connectivity index (χ2n) is 7.80. The van der Waals surface area contributed by atoms with Gasteiger partial charge in [-0.15, -0.1) is 0 Å². The number of aryl methyl sites for hydroxylation is 1. The van der Waals surface area contributed by atoms with Crippen molar-refractivity contribution in [1.29, 1.82) is 0 Å². The van der Waals surface area contributed by atoms with Crippen LogP contribution in [-0.4, -0.2) is 28.5 Å². The van der Waals surface area contributed by atoms with Gasteiger partial charge in [-0.3, -0.25) is 9.59 Å². The third-order valence-electron chi connectivity index (χ3n) is 4.84. The van der Waals surface area contributed by atoms with Gasteiger partial charge in [-0.25, -0.2) is 0 Å². The highest BCUT2D eigenvalue weighted by Gasteiger charge is 2.28. The summed E-state index contributed by atoms with van der Waals surface area (Å²) >= 11 is 0. The molecule has 0 saturated carbocycles. The van der Waals surface area contributed by atoms with Crippen LogP contribution in [0.15, 0.2) is 47.4 Å². The Labute approximate surface area is 150 Å². The van der Waals surface area contributed by atoms with Gasteiger partial charge in [0, 0.05) is 19.3 Å². The van der Waals surface area contributed by atoms with Gasteiger partial charge in [-0.2, -0.15) is 0 Å². The predicted molar refractivity (Wildman–Crippen MR) is 102 cm³/mol. The lowest BCUT2D eigenvalue weighted by Crippen LogP contribution is -2.45. The van der Waals surface area contributed by atoms with Gasteiger partial charge >= 0.3 is 0 Å².